The van der Waals surface area contributed by atoms with E-state index < -0.39 is 19.6 Å². The summed E-state index contributed by atoms with van der Waals surface area (Å²) in [5.41, 5.74) is 0. The molecule has 0 fully saturated rings. The molecule has 0 N–H and O–H groups in total. The van der Waals surface area contributed by atoms with Crippen LogP contribution >= 0.6 is 0 Å². The van der Waals surface area contributed by atoms with Gasteiger partial charge in [-0.25, -0.2) is 0 Å². The molecule has 0 bridgehead atoms. The second-order valence-corrected chi connectivity index (χ2v) is 24.6. The molecule has 0 aliphatic heterocycles. The molecule has 0 saturated carbocycles. The Morgan fingerprint density at radius 2 is 0.439 bits per heavy atom. The fourth-order valence-corrected chi connectivity index (χ4v) is 14.8. The number of unbranched alkanes of at least 4 members (excludes halogenated alkanes) is 35. The van der Waals surface area contributed by atoms with Crippen molar-refractivity contribution in [3.63, 3.8) is 0 Å². The van der Waals surface area contributed by atoms with E-state index in [1.165, 1.54) is 167 Å². The van der Waals surface area contributed by atoms with E-state index in [1.807, 2.05) is 0 Å². The fourth-order valence-electron chi connectivity index (χ4n) is 7.81. The molecule has 7 heteroatoms. The minimum Gasteiger partial charge on any atom is -0.0654 e. The van der Waals surface area contributed by atoms with Crippen LogP contribution in [0.25, 0.3) is 0 Å². The summed E-state index contributed by atoms with van der Waals surface area (Å²) in [5.74, 6) is -1.05. The molecule has 0 aromatic rings. The Kier molecular flexibility index (Phi) is 44.1. The Hall–Kier alpha value is -0.791. The van der Waals surface area contributed by atoms with E-state index in [0.29, 0.717) is 23.7 Å². The van der Waals surface area contributed by atoms with E-state index in [-0.39, 0.29) is 17.9 Å². The van der Waals surface area contributed by atoms with Crippen LogP contribution in [0.1, 0.15) is 297 Å². The molecule has 0 aliphatic carbocycles. The first-order valence-electron chi connectivity index (χ1n) is 25.6. The molecular weight excluding hydrogens is 815 g/mol. The van der Waals surface area contributed by atoms with Gasteiger partial charge in [0.2, 0.25) is 0 Å². The van der Waals surface area contributed by atoms with Gasteiger partial charge in [-0.15, -0.1) is 0 Å². The molecule has 0 rings (SSSR count). The molecule has 0 radical (unpaired) electrons. The normalized spacial score (nSPS) is 11.6. The summed E-state index contributed by atoms with van der Waals surface area (Å²) in [5, 5.41) is 0. The average Bonchev–Trinajstić information content (AvgIpc) is 3.19. The van der Waals surface area contributed by atoms with Crippen LogP contribution < -0.4 is 0 Å². The van der Waals surface area contributed by atoms with Crippen LogP contribution in [0.4, 0.5) is 0 Å². The second-order valence-electron chi connectivity index (χ2n) is 17.5. The molecule has 0 heterocycles. The predicted molar refractivity (Wildman–Crippen MR) is 245 cm³/mol. The maximum absolute atomic E-state index is 13.4. The molecule has 0 aromatic heterocycles. The first-order chi connectivity index (χ1) is 27.9. The van der Waals surface area contributed by atoms with E-state index >= 15 is 0 Å². The van der Waals surface area contributed by atoms with Crippen LogP contribution in [-0.2, 0) is 23.6 Å². The van der Waals surface area contributed by atoms with Crippen LogP contribution in [0.3, 0.4) is 0 Å². The third kappa shape index (κ3) is 40.4. The van der Waals surface area contributed by atoms with Crippen molar-refractivity contribution in [2.24, 2.45) is 0 Å². The molecule has 57 heavy (non-hydrogen) atoms. The molecule has 0 spiro atoms. The van der Waals surface area contributed by atoms with Crippen molar-refractivity contribution in [3.05, 3.63) is 0 Å². The first-order valence-corrected chi connectivity index (χ1v) is 31.1. The van der Waals surface area contributed by atoms with E-state index in [1.54, 1.807) is 0 Å². The first kappa shape index (κ1) is 56.2. The zero-order valence-electron chi connectivity index (χ0n) is 38.9. The zero-order chi connectivity index (χ0) is 41.8. The van der Waals surface area contributed by atoms with Crippen molar-refractivity contribution < 1.29 is 23.6 Å². The topological polar surface area (TPSA) is 78.9 Å². The summed E-state index contributed by atoms with van der Waals surface area (Å²) in [6.07, 6.45) is 47.1. The van der Waals surface area contributed by atoms with Crippen molar-refractivity contribution in [3.8, 4) is 0 Å². The number of carbonyl (C=O) groups excluding carboxylic acids is 3. The third-order valence-electron chi connectivity index (χ3n) is 11.6. The van der Waals surface area contributed by atoms with E-state index in [2.05, 4.69) is 27.7 Å². The van der Waals surface area contributed by atoms with E-state index in [4.69, 9.17) is 9.22 Å². The molecule has 0 atom stereocenters. The second kappa shape index (κ2) is 44.8. The van der Waals surface area contributed by atoms with Crippen LogP contribution in [-0.4, -0.2) is 37.5 Å². The third-order valence-corrected chi connectivity index (χ3v) is 19.0. The van der Waals surface area contributed by atoms with E-state index in [0.717, 1.165) is 83.5 Å². The Morgan fingerprint density at radius 1 is 0.263 bits per heavy atom. The van der Waals surface area contributed by atoms with Gasteiger partial charge in [0.25, 0.3) is 0 Å². The number of carbonyl (C=O) groups is 3. The van der Waals surface area contributed by atoms with E-state index in [9.17, 15) is 14.4 Å². The van der Waals surface area contributed by atoms with Crippen molar-refractivity contribution in [2.75, 3.05) is 0 Å². The molecule has 338 valence electrons. The van der Waals surface area contributed by atoms with Gasteiger partial charge in [0.05, 0.1) is 0 Å². The molecule has 0 unspecified atom stereocenters. The molecular formula is C50H98O6Sn. The quantitative estimate of drug-likeness (QED) is 0.0447. The Bertz CT molecular complexity index is 781. The van der Waals surface area contributed by atoms with Crippen molar-refractivity contribution in [1.29, 1.82) is 0 Å². The summed E-state index contributed by atoms with van der Waals surface area (Å²) >= 11 is -4.89. The number of rotatable bonds is 46. The summed E-state index contributed by atoms with van der Waals surface area (Å²) in [6.45, 7) is 8.99. The summed E-state index contributed by atoms with van der Waals surface area (Å²) in [4.78, 5) is 40.3. The monoisotopic (exact) mass is 915 g/mol. The van der Waals surface area contributed by atoms with Crippen molar-refractivity contribution >= 4 is 37.5 Å². The van der Waals surface area contributed by atoms with Gasteiger partial charge in [0.1, 0.15) is 0 Å². The van der Waals surface area contributed by atoms with Gasteiger partial charge in [-0.05, 0) is 0 Å². The van der Waals surface area contributed by atoms with Gasteiger partial charge < -0.3 is 0 Å². The standard InChI is InChI=1S/3C14H28O2.C8H17.Sn/c3*1-2-3-4-5-6-7-8-9-10-11-12-13-14(15)16;1-3-5-7-8-6-4-2;/h3*2-13H2,1H3,(H,15,16);1,3-8H2,2H3;/q;;;;+3/p-3. The van der Waals surface area contributed by atoms with Gasteiger partial charge in [0.15, 0.2) is 0 Å². The molecule has 6 nitrogen and oxygen atoms in total. The Morgan fingerprint density at radius 3 is 0.649 bits per heavy atom. The number of hydrogen-bond acceptors (Lipinski definition) is 6. The minimum absolute atomic E-state index is 0.290. The smallest absolute Gasteiger partial charge is 0.0654 e. The Balaban J connectivity index is 5.20. The van der Waals surface area contributed by atoms with Crippen LogP contribution in [0.15, 0.2) is 0 Å². The SMILES string of the molecule is CCCCCCCCCCCCCC(=O)[O][Sn]([CH2]CCCCCCC)([O]C(=O)CCCCCCCCCCCCC)[O]C(=O)CCCCCCCCCCCCC. The van der Waals surface area contributed by atoms with Crippen LogP contribution in [0, 0.1) is 0 Å². The molecule has 0 amide bonds. The maximum atomic E-state index is 13.4. The predicted octanol–water partition coefficient (Wildman–Crippen LogP) is 17.0. The summed E-state index contributed by atoms with van der Waals surface area (Å²) < 4.78 is 19.0. The van der Waals surface area contributed by atoms with Gasteiger partial charge in [-0.2, -0.15) is 0 Å². The molecule has 0 aliphatic rings. The van der Waals surface area contributed by atoms with Crippen molar-refractivity contribution in [1.82, 2.24) is 0 Å². The molecule has 0 saturated heterocycles. The van der Waals surface area contributed by atoms with Gasteiger partial charge in [0, 0.05) is 0 Å². The molecule has 0 aromatic carbocycles. The average molecular weight is 914 g/mol. The minimum atomic E-state index is -4.89. The van der Waals surface area contributed by atoms with Crippen LogP contribution in [0.5, 0.6) is 0 Å². The summed E-state index contributed by atoms with van der Waals surface area (Å²) in [7, 11) is 0. The van der Waals surface area contributed by atoms with Crippen LogP contribution in [0.2, 0.25) is 4.44 Å². The fraction of sp³-hybridized carbons (Fsp3) is 0.940. The Labute approximate surface area is 361 Å². The summed E-state index contributed by atoms with van der Waals surface area (Å²) in [6, 6.07) is 0. The van der Waals surface area contributed by atoms with Gasteiger partial charge >= 0.3 is 304 Å². The zero-order valence-corrected chi connectivity index (χ0v) is 41.7. The number of hydrogen-bond donors (Lipinski definition) is 0. The van der Waals surface area contributed by atoms with Gasteiger partial charge in [-0.3, -0.25) is 0 Å². The van der Waals surface area contributed by atoms with Crippen molar-refractivity contribution in [2.45, 2.75) is 302 Å². The van der Waals surface area contributed by atoms with Gasteiger partial charge in [-0.1, -0.05) is 59.3 Å².